The second kappa shape index (κ2) is 5.22. The summed E-state index contributed by atoms with van der Waals surface area (Å²) in [6.07, 6.45) is 3.37. The van der Waals surface area contributed by atoms with Gasteiger partial charge in [-0.15, -0.1) is 23.1 Å². The number of thiophene rings is 1. The average molecular weight is 252 g/mol. The van der Waals surface area contributed by atoms with Crippen molar-refractivity contribution in [2.45, 2.75) is 42.0 Å². The molecule has 4 heteroatoms. The van der Waals surface area contributed by atoms with Crippen LogP contribution in [0.4, 0.5) is 0 Å². The number of rotatable bonds is 6. The number of hydrogen-bond donors (Lipinski definition) is 1. The van der Waals surface area contributed by atoms with Crippen LogP contribution in [0.5, 0.6) is 0 Å². The van der Waals surface area contributed by atoms with E-state index < -0.39 is 0 Å². The zero-order chi connectivity index (χ0) is 11.4. The topological polar surface area (TPSA) is 35.8 Å². The van der Waals surface area contributed by atoms with Crippen molar-refractivity contribution in [1.29, 1.82) is 5.26 Å². The molecule has 86 valence electrons. The highest BCUT2D eigenvalue weighted by Gasteiger charge is 2.32. The van der Waals surface area contributed by atoms with E-state index in [0.29, 0.717) is 6.04 Å². The van der Waals surface area contributed by atoms with Gasteiger partial charge in [0.1, 0.15) is 5.54 Å². The highest BCUT2D eigenvalue weighted by molar-refractivity contribution is 8.01. The fourth-order valence-electron chi connectivity index (χ4n) is 1.54. The minimum Gasteiger partial charge on any atom is -0.297 e. The van der Waals surface area contributed by atoms with Crippen LogP contribution in [0.3, 0.4) is 0 Å². The van der Waals surface area contributed by atoms with Gasteiger partial charge in [-0.3, -0.25) is 5.32 Å². The molecule has 0 aliphatic heterocycles. The van der Waals surface area contributed by atoms with Crippen molar-refractivity contribution < 1.29 is 0 Å². The zero-order valence-electron chi connectivity index (χ0n) is 9.40. The summed E-state index contributed by atoms with van der Waals surface area (Å²) in [6.45, 7) is 2.01. The summed E-state index contributed by atoms with van der Waals surface area (Å²) in [5.74, 6) is 1.00. The smallest absolute Gasteiger partial charge is 0.104 e. The van der Waals surface area contributed by atoms with E-state index in [1.807, 2.05) is 18.7 Å². The van der Waals surface area contributed by atoms with Gasteiger partial charge >= 0.3 is 0 Å². The lowest BCUT2D eigenvalue weighted by Crippen LogP contribution is -2.42. The van der Waals surface area contributed by atoms with Gasteiger partial charge in [-0.1, -0.05) is 6.07 Å². The maximum absolute atomic E-state index is 9.20. The first-order valence-corrected chi connectivity index (χ1v) is 7.44. The van der Waals surface area contributed by atoms with Gasteiger partial charge in [0.25, 0.3) is 0 Å². The Labute approximate surface area is 105 Å². The fourth-order valence-corrected chi connectivity index (χ4v) is 3.56. The van der Waals surface area contributed by atoms with Gasteiger partial charge < -0.3 is 0 Å². The molecule has 1 aromatic heterocycles. The minimum absolute atomic E-state index is 0.342. The Hall–Kier alpha value is -0.500. The van der Waals surface area contributed by atoms with E-state index in [4.69, 9.17) is 0 Å². The fraction of sp³-hybridized carbons (Fsp3) is 0.583. The summed E-state index contributed by atoms with van der Waals surface area (Å²) in [5, 5.41) is 14.7. The van der Waals surface area contributed by atoms with Crippen LogP contribution in [0.25, 0.3) is 0 Å². The predicted octanol–water partition coefficient (Wildman–Crippen LogP) is 3.26. The van der Waals surface area contributed by atoms with Gasteiger partial charge in [-0.25, -0.2) is 0 Å². The lowest BCUT2D eigenvalue weighted by molar-refractivity contribution is 0.434. The van der Waals surface area contributed by atoms with Crippen LogP contribution >= 0.6 is 23.1 Å². The number of nitriles is 1. The van der Waals surface area contributed by atoms with E-state index in [0.717, 1.165) is 12.2 Å². The van der Waals surface area contributed by atoms with Crippen molar-refractivity contribution in [3.8, 4) is 6.07 Å². The van der Waals surface area contributed by atoms with E-state index in [1.54, 1.807) is 11.3 Å². The molecule has 1 aromatic rings. The largest absolute Gasteiger partial charge is 0.297 e. The molecule has 1 aliphatic rings. The standard InChI is InChI=1S/C12H16N2S2/c1-12(9-13,14-10-4-5-10)6-8-16-11-3-2-7-15-11/h2-3,7,10,14H,4-6,8H2,1H3. The molecule has 0 spiro atoms. The van der Waals surface area contributed by atoms with Gasteiger partial charge in [0, 0.05) is 11.8 Å². The van der Waals surface area contributed by atoms with Crippen LogP contribution in [0.15, 0.2) is 21.7 Å². The Kier molecular flexibility index (Phi) is 3.91. The molecule has 0 radical (unpaired) electrons. The average Bonchev–Trinajstić information content (AvgIpc) is 2.92. The molecule has 1 saturated carbocycles. The lowest BCUT2D eigenvalue weighted by atomic mass is 10.0. The molecule has 1 aliphatic carbocycles. The highest BCUT2D eigenvalue weighted by atomic mass is 32.2. The molecule has 0 amide bonds. The number of nitrogens with zero attached hydrogens (tertiary/aromatic N) is 1. The highest BCUT2D eigenvalue weighted by Crippen LogP contribution is 2.28. The summed E-state index contributed by atoms with van der Waals surface area (Å²) in [5.41, 5.74) is -0.342. The molecular formula is C12H16N2S2. The third-order valence-electron chi connectivity index (χ3n) is 2.69. The zero-order valence-corrected chi connectivity index (χ0v) is 11.0. The third-order valence-corrected chi connectivity index (χ3v) is 4.82. The van der Waals surface area contributed by atoms with Crippen molar-refractivity contribution in [1.82, 2.24) is 5.32 Å². The van der Waals surface area contributed by atoms with Gasteiger partial charge in [0.15, 0.2) is 0 Å². The van der Waals surface area contributed by atoms with Crippen molar-refractivity contribution in [2.75, 3.05) is 5.75 Å². The van der Waals surface area contributed by atoms with Crippen LogP contribution in [-0.2, 0) is 0 Å². The first kappa shape index (κ1) is 12.0. The third kappa shape index (κ3) is 3.51. The predicted molar refractivity (Wildman–Crippen MR) is 69.8 cm³/mol. The second-order valence-corrected chi connectivity index (χ2v) is 6.74. The normalized spacial score (nSPS) is 19.0. The Morgan fingerprint density at radius 1 is 1.69 bits per heavy atom. The van der Waals surface area contributed by atoms with Crippen LogP contribution < -0.4 is 5.32 Å². The molecular weight excluding hydrogens is 236 g/mol. The molecule has 2 rings (SSSR count). The Morgan fingerprint density at radius 2 is 2.50 bits per heavy atom. The molecule has 1 unspecified atom stereocenters. The summed E-state index contributed by atoms with van der Waals surface area (Å²) < 4.78 is 1.34. The summed E-state index contributed by atoms with van der Waals surface area (Å²) >= 11 is 3.61. The first-order valence-electron chi connectivity index (χ1n) is 5.57. The van der Waals surface area contributed by atoms with E-state index in [9.17, 15) is 5.26 Å². The molecule has 2 nitrogen and oxygen atoms in total. The number of thioether (sulfide) groups is 1. The van der Waals surface area contributed by atoms with Gasteiger partial charge in [0.05, 0.1) is 10.3 Å². The molecule has 1 atom stereocenters. The lowest BCUT2D eigenvalue weighted by Gasteiger charge is -2.22. The van der Waals surface area contributed by atoms with E-state index in [-0.39, 0.29) is 5.54 Å². The maximum atomic E-state index is 9.20. The molecule has 0 saturated heterocycles. The van der Waals surface area contributed by atoms with E-state index in [1.165, 1.54) is 17.1 Å². The second-order valence-electron chi connectivity index (χ2n) is 4.39. The van der Waals surface area contributed by atoms with E-state index >= 15 is 0 Å². The van der Waals surface area contributed by atoms with Crippen LogP contribution in [0.2, 0.25) is 0 Å². The van der Waals surface area contributed by atoms with Gasteiger partial charge in [0.2, 0.25) is 0 Å². The van der Waals surface area contributed by atoms with Crippen LogP contribution in [0, 0.1) is 11.3 Å². The van der Waals surface area contributed by atoms with Gasteiger partial charge in [-0.05, 0) is 37.6 Å². The molecule has 0 aromatic carbocycles. The van der Waals surface area contributed by atoms with E-state index in [2.05, 4.69) is 28.9 Å². The summed E-state index contributed by atoms with van der Waals surface area (Å²) in [7, 11) is 0. The molecule has 1 N–H and O–H groups in total. The minimum atomic E-state index is -0.342. The Morgan fingerprint density at radius 3 is 3.06 bits per heavy atom. The Balaban J connectivity index is 1.76. The van der Waals surface area contributed by atoms with Crippen molar-refractivity contribution in [3.05, 3.63) is 17.5 Å². The molecule has 1 heterocycles. The molecule has 1 fully saturated rings. The van der Waals surface area contributed by atoms with Gasteiger partial charge in [-0.2, -0.15) is 5.26 Å². The van der Waals surface area contributed by atoms with Crippen molar-refractivity contribution >= 4 is 23.1 Å². The summed E-state index contributed by atoms with van der Waals surface area (Å²) in [4.78, 5) is 0. The molecule has 0 bridgehead atoms. The van der Waals surface area contributed by atoms with Crippen molar-refractivity contribution in [3.63, 3.8) is 0 Å². The first-order chi connectivity index (χ1) is 7.72. The molecule has 16 heavy (non-hydrogen) atoms. The summed E-state index contributed by atoms with van der Waals surface area (Å²) in [6, 6.07) is 7.20. The maximum Gasteiger partial charge on any atom is 0.104 e. The quantitative estimate of drug-likeness (QED) is 0.789. The SMILES string of the molecule is CC(C#N)(CCSc1cccs1)NC1CC1. The van der Waals surface area contributed by atoms with Crippen molar-refractivity contribution in [2.24, 2.45) is 0 Å². The monoisotopic (exact) mass is 252 g/mol. The van der Waals surface area contributed by atoms with Crippen LogP contribution in [0.1, 0.15) is 26.2 Å². The number of nitrogens with one attached hydrogen (secondary N) is 1. The van der Waals surface area contributed by atoms with Crippen LogP contribution in [-0.4, -0.2) is 17.3 Å². The number of hydrogen-bond acceptors (Lipinski definition) is 4. The Bertz CT molecular complexity index is 365.